The van der Waals surface area contributed by atoms with Gasteiger partial charge in [-0.1, -0.05) is 6.92 Å². The van der Waals surface area contributed by atoms with Gasteiger partial charge in [0.2, 0.25) is 0 Å². The van der Waals surface area contributed by atoms with Crippen LogP contribution in [0.15, 0.2) is 12.4 Å². The smallest absolute Gasteiger partial charge is 0.330 e. The average molecular weight is 295 g/mol. The molecule has 114 valence electrons. The van der Waals surface area contributed by atoms with Crippen molar-refractivity contribution in [2.45, 2.75) is 44.8 Å². The van der Waals surface area contributed by atoms with Crippen LogP contribution >= 0.6 is 0 Å². The maximum atomic E-state index is 12.6. The van der Waals surface area contributed by atoms with Crippen molar-refractivity contribution in [3.63, 3.8) is 0 Å². The Morgan fingerprint density at radius 3 is 2.40 bits per heavy atom. The second-order valence-electron chi connectivity index (χ2n) is 4.43. The van der Waals surface area contributed by atoms with Gasteiger partial charge in [-0.3, -0.25) is 0 Å². The molecular weight excluding hydrogens is 278 g/mol. The predicted molar refractivity (Wildman–Crippen MR) is 64.6 cm³/mol. The highest BCUT2D eigenvalue weighted by atomic mass is 19.3. The number of hydrogen-bond acceptors (Lipinski definition) is 4. The highest BCUT2D eigenvalue weighted by molar-refractivity contribution is 5.06. The summed E-state index contributed by atoms with van der Waals surface area (Å²) in [7, 11) is 0. The standard InChI is InChI=1S/C12H17F4N3O/c1-2-9(17)3-8-4-18-10(19-5-8)6-20-7-12(15,16)11(13)14/h4-5,9,11H,2-3,6-7,17H2,1H3. The van der Waals surface area contributed by atoms with E-state index in [1.54, 1.807) is 0 Å². The van der Waals surface area contributed by atoms with Crippen LogP contribution in [0.4, 0.5) is 17.6 Å². The number of alkyl halides is 4. The lowest BCUT2D eigenvalue weighted by Gasteiger charge is -2.14. The number of nitrogens with two attached hydrogens (primary N) is 1. The van der Waals surface area contributed by atoms with Crippen LogP contribution in [0.2, 0.25) is 0 Å². The molecule has 0 aromatic carbocycles. The van der Waals surface area contributed by atoms with Crippen molar-refractivity contribution < 1.29 is 22.3 Å². The lowest BCUT2D eigenvalue weighted by atomic mass is 10.1. The lowest BCUT2D eigenvalue weighted by molar-refractivity contribution is -0.168. The number of rotatable bonds is 8. The third kappa shape index (κ3) is 5.38. The molecule has 2 N–H and O–H groups in total. The van der Waals surface area contributed by atoms with E-state index in [0.29, 0.717) is 6.42 Å². The monoisotopic (exact) mass is 295 g/mol. The Morgan fingerprint density at radius 2 is 1.90 bits per heavy atom. The van der Waals surface area contributed by atoms with Gasteiger partial charge in [-0.15, -0.1) is 0 Å². The molecule has 0 spiro atoms. The Balaban J connectivity index is 2.42. The Bertz CT molecular complexity index is 400. The van der Waals surface area contributed by atoms with Crippen LogP contribution < -0.4 is 5.73 Å². The minimum atomic E-state index is -4.16. The van der Waals surface area contributed by atoms with Gasteiger partial charge in [-0.25, -0.2) is 18.7 Å². The van der Waals surface area contributed by atoms with E-state index in [9.17, 15) is 17.6 Å². The molecule has 0 bridgehead atoms. The van der Waals surface area contributed by atoms with Crippen LogP contribution in [0.3, 0.4) is 0 Å². The first-order valence-electron chi connectivity index (χ1n) is 6.14. The first-order chi connectivity index (χ1) is 9.35. The first kappa shape index (κ1) is 16.8. The van der Waals surface area contributed by atoms with Gasteiger partial charge >= 0.3 is 12.3 Å². The zero-order valence-corrected chi connectivity index (χ0v) is 11.0. The summed E-state index contributed by atoms with van der Waals surface area (Å²) in [6, 6.07) is 0.00503. The van der Waals surface area contributed by atoms with Gasteiger partial charge in [0.1, 0.15) is 13.2 Å². The molecule has 1 unspecified atom stereocenters. The van der Waals surface area contributed by atoms with Gasteiger partial charge in [0.05, 0.1) is 0 Å². The van der Waals surface area contributed by atoms with E-state index in [1.165, 1.54) is 12.4 Å². The molecule has 1 aromatic heterocycles. The van der Waals surface area contributed by atoms with Crippen LogP contribution in [0.5, 0.6) is 0 Å². The average Bonchev–Trinajstić information content (AvgIpc) is 2.40. The summed E-state index contributed by atoms with van der Waals surface area (Å²) in [6.07, 6.45) is 0.717. The van der Waals surface area contributed by atoms with E-state index < -0.39 is 19.0 Å². The van der Waals surface area contributed by atoms with Gasteiger partial charge in [-0.05, 0) is 18.4 Å². The third-order valence-electron chi connectivity index (χ3n) is 2.63. The van der Waals surface area contributed by atoms with E-state index in [-0.39, 0.29) is 18.5 Å². The Kier molecular flexibility index (Phi) is 6.28. The molecule has 0 saturated carbocycles. The summed E-state index contributed by atoms with van der Waals surface area (Å²) in [6.45, 7) is 0.246. The fraction of sp³-hybridized carbons (Fsp3) is 0.667. The first-order valence-corrected chi connectivity index (χ1v) is 6.14. The van der Waals surface area contributed by atoms with Gasteiger partial charge < -0.3 is 10.5 Å². The Morgan fingerprint density at radius 1 is 1.30 bits per heavy atom. The molecule has 0 amide bonds. The number of halogens is 4. The second kappa shape index (κ2) is 7.49. The van der Waals surface area contributed by atoms with E-state index in [0.717, 1.165) is 12.0 Å². The topological polar surface area (TPSA) is 61.0 Å². The van der Waals surface area contributed by atoms with Crippen LogP contribution in [-0.4, -0.2) is 35.0 Å². The molecule has 0 saturated heterocycles. The third-order valence-corrected chi connectivity index (χ3v) is 2.63. The van der Waals surface area contributed by atoms with Crippen molar-refractivity contribution in [2.24, 2.45) is 5.73 Å². The number of ether oxygens (including phenoxy) is 1. The van der Waals surface area contributed by atoms with Crippen LogP contribution in [0, 0.1) is 0 Å². The molecule has 0 aliphatic carbocycles. The zero-order chi connectivity index (χ0) is 15.2. The van der Waals surface area contributed by atoms with Crippen molar-refractivity contribution in [1.82, 2.24) is 9.97 Å². The highest BCUT2D eigenvalue weighted by Crippen LogP contribution is 2.23. The molecule has 1 rings (SSSR count). The summed E-state index contributed by atoms with van der Waals surface area (Å²) < 4.78 is 53.4. The molecule has 0 aliphatic rings. The van der Waals surface area contributed by atoms with Crippen molar-refractivity contribution in [3.8, 4) is 0 Å². The molecular formula is C12H17F4N3O. The Hall–Kier alpha value is -1.28. The molecule has 0 radical (unpaired) electrons. The van der Waals surface area contributed by atoms with E-state index in [4.69, 9.17) is 5.73 Å². The zero-order valence-electron chi connectivity index (χ0n) is 11.0. The van der Waals surface area contributed by atoms with Gasteiger partial charge in [0.15, 0.2) is 5.82 Å². The number of aromatic nitrogens is 2. The molecule has 1 heterocycles. The quantitative estimate of drug-likeness (QED) is 0.747. The molecule has 1 atom stereocenters. The van der Waals surface area contributed by atoms with Crippen LogP contribution in [0.1, 0.15) is 24.7 Å². The van der Waals surface area contributed by atoms with Crippen molar-refractivity contribution in [1.29, 1.82) is 0 Å². The molecule has 0 fully saturated rings. The minimum absolute atomic E-state index is 0.00503. The van der Waals surface area contributed by atoms with Gasteiger partial charge in [0.25, 0.3) is 0 Å². The number of nitrogens with zero attached hydrogens (tertiary/aromatic N) is 2. The number of hydrogen-bond donors (Lipinski definition) is 1. The summed E-state index contributed by atoms with van der Waals surface area (Å²) in [5.41, 5.74) is 6.59. The minimum Gasteiger partial charge on any atom is -0.367 e. The summed E-state index contributed by atoms with van der Waals surface area (Å²) in [4.78, 5) is 7.81. The lowest BCUT2D eigenvalue weighted by Crippen LogP contribution is -2.32. The summed E-state index contributed by atoms with van der Waals surface area (Å²) >= 11 is 0. The van der Waals surface area contributed by atoms with Crippen LogP contribution in [-0.2, 0) is 17.8 Å². The van der Waals surface area contributed by atoms with E-state index in [1.807, 2.05) is 6.92 Å². The SMILES string of the molecule is CCC(N)Cc1cnc(COCC(F)(F)C(F)F)nc1. The van der Waals surface area contributed by atoms with Crippen LogP contribution in [0.25, 0.3) is 0 Å². The van der Waals surface area contributed by atoms with Gasteiger partial charge in [0, 0.05) is 18.4 Å². The molecule has 8 heteroatoms. The summed E-state index contributed by atoms with van der Waals surface area (Å²) in [5.74, 6) is -4.00. The van der Waals surface area contributed by atoms with Crippen molar-refractivity contribution in [3.05, 3.63) is 23.8 Å². The maximum Gasteiger partial charge on any atom is 0.330 e. The van der Waals surface area contributed by atoms with Crippen molar-refractivity contribution >= 4 is 0 Å². The molecule has 1 aromatic rings. The highest BCUT2D eigenvalue weighted by Gasteiger charge is 2.40. The molecule has 20 heavy (non-hydrogen) atoms. The Labute approximate surface area is 114 Å². The fourth-order valence-electron chi connectivity index (χ4n) is 1.35. The predicted octanol–water partition coefficient (Wildman–Crippen LogP) is 2.17. The maximum absolute atomic E-state index is 12.6. The molecule has 4 nitrogen and oxygen atoms in total. The van der Waals surface area contributed by atoms with E-state index in [2.05, 4.69) is 14.7 Å². The summed E-state index contributed by atoms with van der Waals surface area (Å²) in [5, 5.41) is 0. The van der Waals surface area contributed by atoms with Crippen molar-refractivity contribution in [2.75, 3.05) is 6.61 Å². The normalized spacial score (nSPS) is 13.8. The fourth-order valence-corrected chi connectivity index (χ4v) is 1.35. The van der Waals surface area contributed by atoms with Gasteiger partial charge in [-0.2, -0.15) is 8.78 Å². The molecule has 0 aliphatic heterocycles. The second-order valence-corrected chi connectivity index (χ2v) is 4.43. The van der Waals surface area contributed by atoms with E-state index >= 15 is 0 Å². The largest absolute Gasteiger partial charge is 0.367 e.